The zero-order chi connectivity index (χ0) is 24.7. The van der Waals surface area contributed by atoms with E-state index in [1.807, 2.05) is 23.1 Å². The molecule has 2 aliphatic rings. The van der Waals surface area contributed by atoms with Crippen molar-refractivity contribution in [1.82, 2.24) is 15.5 Å². The number of carbonyl (C=O) groups is 1. The van der Waals surface area contributed by atoms with Crippen molar-refractivity contribution in [1.29, 1.82) is 0 Å². The molecule has 1 aliphatic heterocycles. The smallest absolute Gasteiger partial charge is 0.317 e. The molecule has 0 aromatic heterocycles. The molecule has 1 saturated heterocycles. The number of amides is 2. The monoisotopic (exact) mass is 487 g/mol. The molecule has 2 amide bonds. The van der Waals surface area contributed by atoms with Crippen molar-refractivity contribution in [2.45, 2.75) is 89.7 Å². The van der Waals surface area contributed by atoms with Crippen LogP contribution < -0.4 is 10.6 Å². The number of carbonyl (C=O) groups excluding carboxylic acids is 1. The minimum Gasteiger partial charge on any atom is -0.396 e. The Morgan fingerprint density at radius 3 is 2.66 bits per heavy atom. The molecule has 0 spiro atoms. The highest BCUT2D eigenvalue weighted by molar-refractivity contribution is 5.74. The Morgan fingerprint density at radius 1 is 1.11 bits per heavy atom. The van der Waals surface area contributed by atoms with Gasteiger partial charge in [-0.1, -0.05) is 75.8 Å². The number of unbranched alkanes of at least 4 members (excludes halogenated alkanes) is 1. The van der Waals surface area contributed by atoms with Gasteiger partial charge in [-0.05, 0) is 50.1 Å². The molecule has 0 radical (unpaired) electrons. The van der Waals surface area contributed by atoms with Crippen LogP contribution in [0.5, 0.6) is 0 Å². The molecule has 2 fully saturated rings. The summed E-state index contributed by atoms with van der Waals surface area (Å²) in [7, 11) is 0. The minimum atomic E-state index is -0.0490. The topological polar surface area (TPSA) is 73.8 Å². The number of hydrogen-bond donors (Lipinski definition) is 3. The van der Waals surface area contributed by atoms with E-state index in [9.17, 15) is 9.90 Å². The third-order valence-electron chi connectivity index (χ3n) is 7.67. The molecule has 6 nitrogen and oxygen atoms in total. The third-order valence-corrected chi connectivity index (χ3v) is 7.67. The van der Waals surface area contributed by atoms with Gasteiger partial charge in [-0.2, -0.15) is 0 Å². The predicted octanol–water partition coefficient (Wildman–Crippen LogP) is 5.28. The number of nitrogens with one attached hydrogen (secondary N) is 2. The lowest BCUT2D eigenvalue weighted by Gasteiger charge is -2.38. The van der Waals surface area contributed by atoms with Gasteiger partial charge in [0.15, 0.2) is 0 Å². The van der Waals surface area contributed by atoms with Crippen molar-refractivity contribution in [2.24, 2.45) is 11.8 Å². The number of aliphatic hydroxyl groups is 1. The highest BCUT2D eigenvalue weighted by Gasteiger charge is 2.32. The second-order valence-corrected chi connectivity index (χ2v) is 10.6. The fourth-order valence-electron chi connectivity index (χ4n) is 5.73. The standard InChI is InChI=1S/C29H49N3O3/c1-2-3-17-30-22-27(21-24-12-6-4-7-13-24)31-29(34)32-18-10-16-26(23-32)28(35-20-11-19-33)25-14-8-5-9-15-25/h5,8-9,14-15,24,26-28,30,33H,2-4,6-7,10-13,16-23H2,1H3,(H,31,34)/t26-,27+,28+/m1/s1. The summed E-state index contributed by atoms with van der Waals surface area (Å²) in [6, 6.07) is 10.6. The average Bonchev–Trinajstić information content (AvgIpc) is 2.90. The first kappa shape index (κ1) is 27.9. The van der Waals surface area contributed by atoms with Gasteiger partial charge in [0.25, 0.3) is 0 Å². The van der Waals surface area contributed by atoms with Crippen molar-refractivity contribution in [3.63, 3.8) is 0 Å². The van der Waals surface area contributed by atoms with E-state index in [1.54, 1.807) is 0 Å². The first-order chi connectivity index (χ1) is 17.2. The number of urea groups is 1. The van der Waals surface area contributed by atoms with Crippen molar-refractivity contribution in [3.05, 3.63) is 35.9 Å². The molecule has 3 rings (SSSR count). The van der Waals surface area contributed by atoms with E-state index in [0.717, 1.165) is 50.4 Å². The van der Waals surface area contributed by atoms with E-state index in [0.29, 0.717) is 19.6 Å². The Morgan fingerprint density at radius 2 is 1.91 bits per heavy atom. The summed E-state index contributed by atoms with van der Waals surface area (Å²) in [5.74, 6) is 0.994. The van der Waals surface area contributed by atoms with Crippen LogP contribution in [0.1, 0.15) is 89.2 Å². The van der Waals surface area contributed by atoms with Gasteiger partial charge in [-0.15, -0.1) is 0 Å². The van der Waals surface area contributed by atoms with E-state index in [1.165, 1.54) is 44.9 Å². The molecule has 35 heavy (non-hydrogen) atoms. The van der Waals surface area contributed by atoms with Crippen LogP contribution in [-0.2, 0) is 4.74 Å². The van der Waals surface area contributed by atoms with Gasteiger partial charge in [-0.3, -0.25) is 0 Å². The fourth-order valence-corrected chi connectivity index (χ4v) is 5.73. The normalized spacial score (nSPS) is 21.0. The Hall–Kier alpha value is -1.63. The van der Waals surface area contributed by atoms with Gasteiger partial charge in [0.1, 0.15) is 0 Å². The molecule has 3 atom stereocenters. The number of likely N-dealkylation sites (tertiary alicyclic amines) is 1. The zero-order valence-corrected chi connectivity index (χ0v) is 21.9. The molecule has 1 aromatic rings. The molecule has 0 unspecified atom stereocenters. The fraction of sp³-hybridized carbons (Fsp3) is 0.759. The Kier molecular flexibility index (Phi) is 12.9. The van der Waals surface area contributed by atoms with Crippen molar-refractivity contribution >= 4 is 6.03 Å². The quantitative estimate of drug-likeness (QED) is 0.312. The Labute approximate surface area is 213 Å². The lowest BCUT2D eigenvalue weighted by Crippen LogP contribution is -2.52. The highest BCUT2D eigenvalue weighted by atomic mass is 16.5. The van der Waals surface area contributed by atoms with E-state index in [4.69, 9.17) is 4.74 Å². The predicted molar refractivity (Wildman–Crippen MR) is 142 cm³/mol. The maximum Gasteiger partial charge on any atom is 0.317 e. The molecule has 6 heteroatoms. The SMILES string of the molecule is CCCCNC[C@H](CC1CCCCC1)NC(=O)N1CCC[C@@H]([C@@H](OCCCO)c2ccccc2)C1. The van der Waals surface area contributed by atoms with Gasteiger partial charge < -0.3 is 25.4 Å². The van der Waals surface area contributed by atoms with Crippen LogP contribution in [0.25, 0.3) is 0 Å². The summed E-state index contributed by atoms with van der Waals surface area (Å²) < 4.78 is 6.27. The van der Waals surface area contributed by atoms with Gasteiger partial charge in [0.2, 0.25) is 0 Å². The molecule has 0 bridgehead atoms. The van der Waals surface area contributed by atoms with Crippen LogP contribution >= 0.6 is 0 Å². The number of rotatable bonds is 14. The molecule has 1 aliphatic carbocycles. The summed E-state index contributed by atoms with van der Waals surface area (Å²) in [4.78, 5) is 15.4. The largest absolute Gasteiger partial charge is 0.396 e. The minimum absolute atomic E-state index is 0.0490. The van der Waals surface area contributed by atoms with E-state index in [2.05, 4.69) is 29.7 Å². The Bertz CT molecular complexity index is 696. The summed E-state index contributed by atoms with van der Waals surface area (Å²) in [5.41, 5.74) is 1.16. The van der Waals surface area contributed by atoms with E-state index in [-0.39, 0.29) is 30.7 Å². The zero-order valence-electron chi connectivity index (χ0n) is 21.9. The lowest BCUT2D eigenvalue weighted by molar-refractivity contribution is -0.0150. The second-order valence-electron chi connectivity index (χ2n) is 10.6. The number of piperidine rings is 1. The van der Waals surface area contributed by atoms with Crippen molar-refractivity contribution < 1.29 is 14.6 Å². The summed E-state index contributed by atoms with van der Waals surface area (Å²) >= 11 is 0. The number of aliphatic hydroxyl groups excluding tert-OH is 1. The molecule has 1 heterocycles. The summed E-state index contributed by atoms with van der Waals surface area (Å²) in [6.45, 7) is 6.27. The van der Waals surface area contributed by atoms with E-state index >= 15 is 0 Å². The third kappa shape index (κ3) is 9.74. The molecule has 3 N–H and O–H groups in total. The van der Waals surface area contributed by atoms with Crippen LogP contribution in [0.3, 0.4) is 0 Å². The lowest BCUT2D eigenvalue weighted by atomic mass is 9.84. The van der Waals surface area contributed by atoms with E-state index < -0.39 is 0 Å². The number of benzene rings is 1. The number of nitrogens with zero attached hydrogens (tertiary/aromatic N) is 1. The molecule has 1 saturated carbocycles. The van der Waals surface area contributed by atoms with Crippen LogP contribution in [-0.4, -0.2) is 61.5 Å². The maximum absolute atomic E-state index is 13.4. The molecular formula is C29H49N3O3. The van der Waals surface area contributed by atoms with Crippen LogP contribution in [0.2, 0.25) is 0 Å². The molecule has 198 valence electrons. The first-order valence-corrected chi connectivity index (χ1v) is 14.2. The van der Waals surface area contributed by atoms with Gasteiger partial charge >= 0.3 is 6.03 Å². The van der Waals surface area contributed by atoms with Gasteiger partial charge in [0, 0.05) is 44.8 Å². The molecular weight excluding hydrogens is 438 g/mol. The molecule has 1 aromatic carbocycles. The van der Waals surface area contributed by atoms with Gasteiger partial charge in [-0.25, -0.2) is 4.79 Å². The highest BCUT2D eigenvalue weighted by Crippen LogP contribution is 2.33. The van der Waals surface area contributed by atoms with Crippen LogP contribution in [0.4, 0.5) is 4.79 Å². The van der Waals surface area contributed by atoms with Crippen molar-refractivity contribution in [3.8, 4) is 0 Å². The summed E-state index contributed by atoms with van der Waals surface area (Å²) in [5, 5.41) is 16.2. The second kappa shape index (κ2) is 16.2. The number of ether oxygens (including phenoxy) is 1. The van der Waals surface area contributed by atoms with Crippen LogP contribution in [0.15, 0.2) is 30.3 Å². The van der Waals surface area contributed by atoms with Crippen LogP contribution in [0, 0.1) is 11.8 Å². The van der Waals surface area contributed by atoms with Gasteiger partial charge in [0.05, 0.1) is 6.10 Å². The average molecular weight is 488 g/mol. The number of hydrogen-bond acceptors (Lipinski definition) is 4. The summed E-state index contributed by atoms with van der Waals surface area (Å²) in [6.07, 6.45) is 12.7. The Balaban J connectivity index is 1.59. The first-order valence-electron chi connectivity index (χ1n) is 14.2. The maximum atomic E-state index is 13.4. The van der Waals surface area contributed by atoms with Crippen molar-refractivity contribution in [2.75, 3.05) is 39.4 Å².